The molecule has 1 aromatic carbocycles. The number of hydrogen-bond acceptors (Lipinski definition) is 4. The van der Waals surface area contributed by atoms with E-state index >= 15 is 0 Å². The smallest absolute Gasteiger partial charge is 0.416 e. The zero-order chi connectivity index (χ0) is 18.6. The van der Waals surface area contributed by atoms with Crippen molar-refractivity contribution in [3.05, 3.63) is 58.7 Å². The van der Waals surface area contributed by atoms with Gasteiger partial charge in [0.05, 0.1) is 6.54 Å². The Morgan fingerprint density at radius 2 is 1.84 bits per heavy atom. The SMILES string of the molecule is CC(C)(C)OC(=O)N(Cc1ccccc1Cl)c1cccc(C(=O)F)n1. The fraction of sp³-hybridized carbons (Fsp3) is 0.278. The summed E-state index contributed by atoms with van der Waals surface area (Å²) in [7, 11) is 0. The topological polar surface area (TPSA) is 59.5 Å². The molecule has 0 saturated carbocycles. The summed E-state index contributed by atoms with van der Waals surface area (Å²) in [6.45, 7) is 5.25. The van der Waals surface area contributed by atoms with Crippen LogP contribution < -0.4 is 4.90 Å². The maximum atomic E-state index is 13.0. The quantitative estimate of drug-likeness (QED) is 0.732. The molecule has 1 heterocycles. The van der Waals surface area contributed by atoms with E-state index in [1.165, 1.54) is 23.1 Å². The van der Waals surface area contributed by atoms with Crippen LogP contribution in [0, 0.1) is 0 Å². The number of carbonyl (C=O) groups is 2. The summed E-state index contributed by atoms with van der Waals surface area (Å²) in [5, 5.41) is 0.466. The number of benzene rings is 1. The van der Waals surface area contributed by atoms with E-state index in [0.29, 0.717) is 10.6 Å². The molecular formula is C18H18ClFN2O3. The van der Waals surface area contributed by atoms with Crippen LogP contribution in [0.15, 0.2) is 42.5 Å². The van der Waals surface area contributed by atoms with Crippen molar-refractivity contribution in [3.63, 3.8) is 0 Å². The van der Waals surface area contributed by atoms with Gasteiger partial charge < -0.3 is 4.74 Å². The Hall–Kier alpha value is -2.47. The van der Waals surface area contributed by atoms with Gasteiger partial charge in [-0.25, -0.2) is 9.78 Å². The molecule has 0 bridgehead atoms. The Bertz CT molecular complexity index is 790. The van der Waals surface area contributed by atoms with Crippen molar-refractivity contribution in [2.75, 3.05) is 4.90 Å². The van der Waals surface area contributed by atoms with Crippen LogP contribution >= 0.6 is 11.6 Å². The number of nitrogens with zero attached hydrogens (tertiary/aromatic N) is 2. The molecule has 0 radical (unpaired) electrons. The lowest BCUT2D eigenvalue weighted by Gasteiger charge is -2.27. The van der Waals surface area contributed by atoms with Crippen molar-refractivity contribution >= 4 is 29.5 Å². The summed E-state index contributed by atoms with van der Waals surface area (Å²) < 4.78 is 18.4. The van der Waals surface area contributed by atoms with Gasteiger partial charge >= 0.3 is 12.1 Å². The highest BCUT2D eigenvalue weighted by molar-refractivity contribution is 6.31. The highest BCUT2D eigenvalue weighted by atomic mass is 35.5. The molecule has 0 unspecified atom stereocenters. The van der Waals surface area contributed by atoms with Gasteiger partial charge in [-0.1, -0.05) is 35.9 Å². The molecule has 0 saturated heterocycles. The average molecular weight is 365 g/mol. The molecule has 0 N–H and O–H groups in total. The van der Waals surface area contributed by atoms with Gasteiger partial charge in [0.15, 0.2) is 0 Å². The number of anilines is 1. The summed E-state index contributed by atoms with van der Waals surface area (Å²) in [6.07, 6.45) is -0.677. The van der Waals surface area contributed by atoms with Gasteiger partial charge in [-0.2, -0.15) is 4.39 Å². The normalized spacial score (nSPS) is 11.1. The van der Waals surface area contributed by atoms with E-state index in [9.17, 15) is 14.0 Å². The van der Waals surface area contributed by atoms with Gasteiger partial charge in [-0.3, -0.25) is 9.69 Å². The number of halogens is 2. The Morgan fingerprint density at radius 3 is 2.44 bits per heavy atom. The van der Waals surface area contributed by atoms with E-state index < -0.39 is 17.7 Å². The van der Waals surface area contributed by atoms with Gasteiger partial charge in [0.25, 0.3) is 0 Å². The second-order valence-electron chi connectivity index (χ2n) is 6.31. The molecule has 0 fully saturated rings. The molecular weight excluding hydrogens is 347 g/mol. The second kappa shape index (κ2) is 7.61. The van der Waals surface area contributed by atoms with Crippen LogP contribution in [-0.4, -0.2) is 22.7 Å². The number of hydrogen-bond donors (Lipinski definition) is 0. The van der Waals surface area contributed by atoms with Gasteiger partial charge in [-0.05, 0) is 44.5 Å². The molecule has 0 atom stereocenters. The molecule has 7 heteroatoms. The summed E-state index contributed by atoms with van der Waals surface area (Å²) in [5.41, 5.74) is -0.456. The summed E-state index contributed by atoms with van der Waals surface area (Å²) in [6, 6.07) is 9.49. The summed E-state index contributed by atoms with van der Waals surface area (Å²) >= 11 is 6.16. The van der Waals surface area contributed by atoms with E-state index in [2.05, 4.69) is 4.98 Å². The Labute approximate surface area is 150 Å². The van der Waals surface area contributed by atoms with Crippen LogP contribution in [0.3, 0.4) is 0 Å². The molecule has 5 nitrogen and oxygen atoms in total. The molecule has 1 amide bonds. The second-order valence-corrected chi connectivity index (χ2v) is 6.72. The highest BCUT2D eigenvalue weighted by Crippen LogP contribution is 2.23. The Kier molecular flexibility index (Phi) is 5.74. The third-order valence-electron chi connectivity index (χ3n) is 3.11. The van der Waals surface area contributed by atoms with E-state index in [1.54, 1.807) is 45.0 Å². The van der Waals surface area contributed by atoms with E-state index in [1.807, 2.05) is 0 Å². The minimum atomic E-state index is -1.68. The predicted octanol–water partition coefficient (Wildman–Crippen LogP) is 4.79. The highest BCUT2D eigenvalue weighted by Gasteiger charge is 2.25. The lowest BCUT2D eigenvalue weighted by atomic mass is 10.2. The average Bonchev–Trinajstić information content (AvgIpc) is 2.52. The number of pyridine rings is 1. The Morgan fingerprint density at radius 1 is 1.16 bits per heavy atom. The van der Waals surface area contributed by atoms with E-state index in [-0.39, 0.29) is 18.1 Å². The number of aromatic nitrogens is 1. The molecule has 0 aliphatic heterocycles. The third kappa shape index (κ3) is 5.26. The molecule has 0 aliphatic carbocycles. The number of carbonyl (C=O) groups excluding carboxylic acids is 2. The van der Waals surface area contributed by atoms with E-state index in [0.717, 1.165) is 0 Å². The molecule has 2 aromatic rings. The van der Waals surface area contributed by atoms with Crippen LogP contribution in [0.25, 0.3) is 0 Å². The largest absolute Gasteiger partial charge is 0.443 e. The minimum Gasteiger partial charge on any atom is -0.443 e. The molecule has 1 aromatic heterocycles. The zero-order valence-electron chi connectivity index (χ0n) is 14.1. The first-order chi connectivity index (χ1) is 11.7. The van der Waals surface area contributed by atoms with Crippen molar-refractivity contribution in [2.45, 2.75) is 32.9 Å². The van der Waals surface area contributed by atoms with Gasteiger partial charge in [0.2, 0.25) is 0 Å². The fourth-order valence-corrected chi connectivity index (χ4v) is 2.23. The molecule has 0 aliphatic rings. The summed E-state index contributed by atoms with van der Waals surface area (Å²) in [4.78, 5) is 28.7. The van der Waals surface area contributed by atoms with Crippen molar-refractivity contribution in [3.8, 4) is 0 Å². The third-order valence-corrected chi connectivity index (χ3v) is 3.48. The van der Waals surface area contributed by atoms with Crippen molar-refractivity contribution in [1.29, 1.82) is 0 Å². The molecule has 25 heavy (non-hydrogen) atoms. The molecule has 132 valence electrons. The van der Waals surface area contributed by atoms with Crippen molar-refractivity contribution < 1.29 is 18.7 Å². The minimum absolute atomic E-state index is 0.0610. The first-order valence-corrected chi connectivity index (χ1v) is 7.96. The monoisotopic (exact) mass is 364 g/mol. The first-order valence-electron chi connectivity index (χ1n) is 7.58. The Balaban J connectivity index is 2.41. The van der Waals surface area contributed by atoms with Crippen molar-refractivity contribution in [2.24, 2.45) is 0 Å². The molecule has 2 rings (SSSR count). The lowest BCUT2D eigenvalue weighted by molar-refractivity contribution is 0.0575. The maximum absolute atomic E-state index is 13.0. The van der Waals surface area contributed by atoms with Gasteiger partial charge in [0.1, 0.15) is 17.1 Å². The van der Waals surface area contributed by atoms with E-state index in [4.69, 9.17) is 16.3 Å². The van der Waals surface area contributed by atoms with Crippen LogP contribution in [0.4, 0.5) is 15.0 Å². The van der Waals surface area contributed by atoms with Crippen LogP contribution in [0.1, 0.15) is 36.8 Å². The zero-order valence-corrected chi connectivity index (χ0v) is 14.9. The van der Waals surface area contributed by atoms with Crippen LogP contribution in [0.5, 0.6) is 0 Å². The lowest BCUT2D eigenvalue weighted by Crippen LogP contribution is -2.37. The first kappa shape index (κ1) is 18.9. The number of ether oxygens (including phenoxy) is 1. The standard InChI is InChI=1S/C18H18ClFN2O3/c1-18(2,3)25-17(24)22(11-12-7-4-5-8-13(12)19)15-10-6-9-14(21-15)16(20)23/h4-10H,11H2,1-3H3. The van der Waals surface area contributed by atoms with Crippen LogP contribution in [-0.2, 0) is 11.3 Å². The van der Waals surface area contributed by atoms with Crippen LogP contribution in [0.2, 0.25) is 5.02 Å². The molecule has 0 spiro atoms. The maximum Gasteiger partial charge on any atom is 0.416 e. The fourth-order valence-electron chi connectivity index (χ4n) is 2.04. The number of rotatable bonds is 4. The van der Waals surface area contributed by atoms with Crippen molar-refractivity contribution in [1.82, 2.24) is 4.98 Å². The van der Waals surface area contributed by atoms with Gasteiger partial charge in [0, 0.05) is 5.02 Å². The summed E-state index contributed by atoms with van der Waals surface area (Å²) in [5.74, 6) is 0.0951. The number of amides is 1. The van der Waals surface area contributed by atoms with Gasteiger partial charge in [-0.15, -0.1) is 0 Å². The predicted molar refractivity (Wildman–Crippen MR) is 93.5 cm³/mol.